The molecule has 0 saturated heterocycles. The zero-order valence-electron chi connectivity index (χ0n) is 8.28. The quantitative estimate of drug-likeness (QED) is 0.486. The molecule has 0 unspecified atom stereocenters. The van der Waals surface area contributed by atoms with Crippen LogP contribution < -0.4 is 5.32 Å². The summed E-state index contributed by atoms with van der Waals surface area (Å²) in [5.41, 5.74) is 0. The average molecular weight is 209 g/mol. The van der Waals surface area contributed by atoms with Crippen molar-refractivity contribution in [1.29, 1.82) is 0 Å². The maximum atomic E-state index is 10.4. The normalized spacial score (nSPS) is 14.4. The smallest absolute Gasteiger partial charge is 0.264 e. The van der Waals surface area contributed by atoms with Crippen molar-refractivity contribution >= 4 is 10.1 Å². The van der Waals surface area contributed by atoms with Gasteiger partial charge in [-0.25, -0.2) is 0 Å². The SMILES string of the molecule is CCCCN[C@@H](C)CCS(=O)(=O)O. The molecular formula is C8H19NO3S. The van der Waals surface area contributed by atoms with E-state index in [0.29, 0.717) is 6.42 Å². The number of rotatable bonds is 7. The Morgan fingerprint density at radius 2 is 2.08 bits per heavy atom. The predicted octanol–water partition coefficient (Wildman–Crippen LogP) is 1.04. The minimum absolute atomic E-state index is 0.147. The average Bonchev–Trinajstić information content (AvgIpc) is 2.00. The fraction of sp³-hybridized carbons (Fsp3) is 1.00. The highest BCUT2D eigenvalue weighted by Gasteiger charge is 2.07. The van der Waals surface area contributed by atoms with Gasteiger partial charge in [0.25, 0.3) is 10.1 Å². The van der Waals surface area contributed by atoms with Crippen molar-refractivity contribution in [2.75, 3.05) is 12.3 Å². The minimum Gasteiger partial charge on any atom is -0.314 e. The summed E-state index contributed by atoms with van der Waals surface area (Å²) >= 11 is 0. The first-order valence-electron chi connectivity index (χ1n) is 4.64. The van der Waals surface area contributed by atoms with Crippen molar-refractivity contribution in [2.45, 2.75) is 39.2 Å². The van der Waals surface area contributed by atoms with E-state index in [1.165, 1.54) is 0 Å². The lowest BCUT2D eigenvalue weighted by Crippen LogP contribution is -2.29. The standard InChI is InChI=1S/C8H19NO3S/c1-3-4-6-9-8(2)5-7-13(10,11)12/h8-9H,3-7H2,1-2H3,(H,10,11,12)/t8-/m0/s1. The zero-order chi connectivity index (χ0) is 10.3. The molecule has 0 aliphatic rings. The molecule has 0 amide bonds. The molecule has 0 aliphatic heterocycles. The lowest BCUT2D eigenvalue weighted by atomic mass is 10.2. The van der Waals surface area contributed by atoms with Crippen LogP contribution in [0.4, 0.5) is 0 Å². The number of nitrogens with one attached hydrogen (secondary N) is 1. The summed E-state index contributed by atoms with van der Waals surface area (Å²) in [6, 6.07) is 0.147. The molecular weight excluding hydrogens is 190 g/mol. The maximum Gasteiger partial charge on any atom is 0.264 e. The molecule has 0 spiro atoms. The van der Waals surface area contributed by atoms with E-state index in [1.807, 2.05) is 6.92 Å². The van der Waals surface area contributed by atoms with Crippen LogP contribution in [0.3, 0.4) is 0 Å². The van der Waals surface area contributed by atoms with E-state index in [-0.39, 0.29) is 11.8 Å². The van der Waals surface area contributed by atoms with Crippen LogP contribution in [0, 0.1) is 0 Å². The van der Waals surface area contributed by atoms with Gasteiger partial charge < -0.3 is 5.32 Å². The van der Waals surface area contributed by atoms with Gasteiger partial charge in [0.1, 0.15) is 0 Å². The lowest BCUT2D eigenvalue weighted by Gasteiger charge is -2.11. The maximum absolute atomic E-state index is 10.4. The van der Waals surface area contributed by atoms with E-state index in [4.69, 9.17) is 4.55 Å². The molecule has 0 heterocycles. The summed E-state index contributed by atoms with van der Waals surface area (Å²) in [5, 5.41) is 3.18. The van der Waals surface area contributed by atoms with Crippen molar-refractivity contribution in [3.8, 4) is 0 Å². The highest BCUT2D eigenvalue weighted by atomic mass is 32.2. The molecule has 0 radical (unpaired) electrons. The molecule has 13 heavy (non-hydrogen) atoms. The van der Waals surface area contributed by atoms with Gasteiger partial charge in [-0.05, 0) is 26.3 Å². The van der Waals surface area contributed by atoms with E-state index in [1.54, 1.807) is 0 Å². The van der Waals surface area contributed by atoms with Gasteiger partial charge in [0, 0.05) is 6.04 Å². The van der Waals surface area contributed by atoms with Gasteiger partial charge in [0.05, 0.1) is 5.75 Å². The fourth-order valence-electron chi connectivity index (χ4n) is 0.953. The predicted molar refractivity (Wildman–Crippen MR) is 53.4 cm³/mol. The summed E-state index contributed by atoms with van der Waals surface area (Å²) < 4.78 is 29.3. The first kappa shape index (κ1) is 12.9. The van der Waals surface area contributed by atoms with Gasteiger partial charge in [0.2, 0.25) is 0 Å². The Labute approximate surface area is 80.5 Å². The summed E-state index contributed by atoms with van der Waals surface area (Å²) in [6.45, 7) is 4.93. The van der Waals surface area contributed by atoms with Gasteiger partial charge in [-0.15, -0.1) is 0 Å². The lowest BCUT2D eigenvalue weighted by molar-refractivity contribution is 0.467. The van der Waals surface area contributed by atoms with Gasteiger partial charge >= 0.3 is 0 Å². The second-order valence-corrected chi connectivity index (χ2v) is 4.86. The van der Waals surface area contributed by atoms with Crippen LogP contribution in [0.2, 0.25) is 0 Å². The van der Waals surface area contributed by atoms with Crippen LogP contribution in [-0.2, 0) is 10.1 Å². The topological polar surface area (TPSA) is 66.4 Å². The largest absolute Gasteiger partial charge is 0.314 e. The van der Waals surface area contributed by atoms with Gasteiger partial charge in [0.15, 0.2) is 0 Å². The van der Waals surface area contributed by atoms with E-state index in [2.05, 4.69) is 12.2 Å². The second-order valence-electron chi connectivity index (χ2n) is 3.28. The summed E-state index contributed by atoms with van der Waals surface area (Å²) in [5.74, 6) is -0.159. The zero-order valence-corrected chi connectivity index (χ0v) is 9.10. The van der Waals surface area contributed by atoms with Crippen LogP contribution in [0.5, 0.6) is 0 Å². The Morgan fingerprint density at radius 1 is 1.46 bits per heavy atom. The van der Waals surface area contributed by atoms with Crippen molar-refractivity contribution < 1.29 is 13.0 Å². The highest BCUT2D eigenvalue weighted by molar-refractivity contribution is 7.85. The van der Waals surface area contributed by atoms with Gasteiger partial charge in [-0.3, -0.25) is 4.55 Å². The molecule has 0 fully saturated rings. The first-order valence-corrected chi connectivity index (χ1v) is 6.25. The first-order chi connectivity index (χ1) is 5.95. The number of hydrogen-bond acceptors (Lipinski definition) is 3. The summed E-state index contributed by atoms with van der Waals surface area (Å²) in [4.78, 5) is 0. The van der Waals surface area contributed by atoms with E-state index < -0.39 is 10.1 Å². The molecule has 0 aliphatic carbocycles. The second kappa shape index (κ2) is 6.34. The van der Waals surface area contributed by atoms with Crippen molar-refractivity contribution in [1.82, 2.24) is 5.32 Å². The molecule has 0 saturated carbocycles. The Bertz CT molecular complexity index is 213. The third-order valence-corrected chi connectivity index (χ3v) is 2.58. The number of hydrogen-bond donors (Lipinski definition) is 2. The third kappa shape index (κ3) is 9.79. The fourth-order valence-corrected chi connectivity index (χ4v) is 1.60. The van der Waals surface area contributed by atoms with Crippen LogP contribution in [0.25, 0.3) is 0 Å². The summed E-state index contributed by atoms with van der Waals surface area (Å²) in [7, 11) is -3.79. The van der Waals surface area contributed by atoms with Crippen molar-refractivity contribution in [2.24, 2.45) is 0 Å². The Morgan fingerprint density at radius 3 is 2.54 bits per heavy atom. The van der Waals surface area contributed by atoms with Crippen molar-refractivity contribution in [3.63, 3.8) is 0 Å². The Kier molecular flexibility index (Phi) is 6.28. The van der Waals surface area contributed by atoms with Gasteiger partial charge in [-0.1, -0.05) is 13.3 Å². The Hall–Kier alpha value is -0.130. The molecule has 1 atom stereocenters. The molecule has 0 aromatic rings. The third-order valence-electron chi connectivity index (χ3n) is 1.83. The van der Waals surface area contributed by atoms with Crippen LogP contribution >= 0.6 is 0 Å². The molecule has 0 bridgehead atoms. The molecule has 0 rings (SSSR count). The van der Waals surface area contributed by atoms with E-state index in [9.17, 15) is 8.42 Å². The molecule has 80 valence electrons. The van der Waals surface area contributed by atoms with Crippen molar-refractivity contribution in [3.05, 3.63) is 0 Å². The van der Waals surface area contributed by atoms with Gasteiger partial charge in [-0.2, -0.15) is 8.42 Å². The number of unbranched alkanes of at least 4 members (excludes halogenated alkanes) is 1. The minimum atomic E-state index is -3.79. The monoisotopic (exact) mass is 209 g/mol. The van der Waals surface area contributed by atoms with E-state index >= 15 is 0 Å². The van der Waals surface area contributed by atoms with E-state index in [0.717, 1.165) is 19.4 Å². The Balaban J connectivity index is 3.46. The molecule has 0 aromatic heterocycles. The van der Waals surface area contributed by atoms with Crippen LogP contribution in [0.15, 0.2) is 0 Å². The van der Waals surface area contributed by atoms with Crippen LogP contribution in [-0.4, -0.2) is 31.3 Å². The summed E-state index contributed by atoms with van der Waals surface area (Å²) in [6.07, 6.45) is 2.68. The molecule has 4 nitrogen and oxygen atoms in total. The molecule has 0 aromatic carbocycles. The highest BCUT2D eigenvalue weighted by Crippen LogP contribution is 1.95. The molecule has 2 N–H and O–H groups in total. The molecule has 5 heteroatoms. The van der Waals surface area contributed by atoms with Crippen LogP contribution in [0.1, 0.15) is 33.1 Å².